The van der Waals surface area contributed by atoms with Gasteiger partial charge < -0.3 is 10.4 Å². The Kier molecular flexibility index (Phi) is 6.09. The summed E-state index contributed by atoms with van der Waals surface area (Å²) in [5.74, 6) is 0.187. The third-order valence-corrected chi connectivity index (χ3v) is 3.30. The minimum atomic E-state index is -0.180. The number of aliphatic hydroxyl groups excluding tert-OH is 1. The van der Waals surface area contributed by atoms with E-state index in [-0.39, 0.29) is 18.5 Å². The highest BCUT2D eigenvalue weighted by atomic mass is 79.9. The van der Waals surface area contributed by atoms with Gasteiger partial charge in [-0.15, -0.1) is 0 Å². The lowest BCUT2D eigenvalue weighted by molar-refractivity contribution is 0.211. The number of nitrogens with one attached hydrogen (secondary N) is 1. The summed E-state index contributed by atoms with van der Waals surface area (Å²) < 4.78 is 14.3. The summed E-state index contributed by atoms with van der Waals surface area (Å²) in [6.45, 7) is 4.87. The number of rotatable bonds is 6. The number of halogens is 2. The first-order valence-corrected chi connectivity index (χ1v) is 6.62. The summed E-state index contributed by atoms with van der Waals surface area (Å²) in [7, 11) is 0. The van der Waals surface area contributed by atoms with E-state index in [1.165, 1.54) is 6.07 Å². The normalized spacial score (nSPS) is 13.1. The van der Waals surface area contributed by atoms with E-state index < -0.39 is 0 Å². The lowest BCUT2D eigenvalue weighted by Gasteiger charge is -2.19. The maximum atomic E-state index is 13.4. The van der Waals surface area contributed by atoms with E-state index >= 15 is 0 Å². The van der Waals surface area contributed by atoms with Gasteiger partial charge in [-0.1, -0.05) is 29.8 Å². The van der Waals surface area contributed by atoms with Crippen LogP contribution in [0.4, 0.5) is 4.39 Å². The van der Waals surface area contributed by atoms with Gasteiger partial charge in [-0.05, 0) is 42.6 Å². The summed E-state index contributed by atoms with van der Waals surface area (Å²) >= 11 is 3.33. The van der Waals surface area contributed by atoms with Gasteiger partial charge in [0.05, 0.1) is 6.61 Å². The van der Waals surface area contributed by atoms with E-state index in [2.05, 4.69) is 21.2 Å². The summed E-state index contributed by atoms with van der Waals surface area (Å²) in [6, 6.07) is 5.02. The van der Waals surface area contributed by atoms with Gasteiger partial charge in [0.15, 0.2) is 0 Å². The molecule has 0 aliphatic rings. The molecule has 0 radical (unpaired) electrons. The first-order valence-electron chi connectivity index (χ1n) is 5.82. The SMILES string of the molecule is CC(C)C(CO)NCCc1cc(Br)ccc1F. The molecule has 2 nitrogen and oxygen atoms in total. The zero-order valence-corrected chi connectivity index (χ0v) is 11.8. The molecule has 0 heterocycles. The molecule has 1 aromatic rings. The Morgan fingerprint density at radius 3 is 2.71 bits per heavy atom. The van der Waals surface area contributed by atoms with Gasteiger partial charge in [0.25, 0.3) is 0 Å². The second-order valence-electron chi connectivity index (χ2n) is 4.47. The van der Waals surface area contributed by atoms with Crippen LogP contribution >= 0.6 is 15.9 Å². The Balaban J connectivity index is 2.47. The minimum absolute atomic E-state index is 0.0743. The second kappa shape index (κ2) is 7.09. The lowest BCUT2D eigenvalue weighted by atomic mass is 10.0. The van der Waals surface area contributed by atoms with Crippen molar-refractivity contribution in [3.05, 3.63) is 34.1 Å². The van der Waals surface area contributed by atoms with E-state index in [1.807, 2.05) is 13.8 Å². The van der Waals surface area contributed by atoms with E-state index in [1.54, 1.807) is 12.1 Å². The van der Waals surface area contributed by atoms with Crippen molar-refractivity contribution >= 4 is 15.9 Å². The van der Waals surface area contributed by atoms with Gasteiger partial charge >= 0.3 is 0 Å². The summed E-state index contributed by atoms with van der Waals surface area (Å²) in [4.78, 5) is 0. The highest BCUT2D eigenvalue weighted by Crippen LogP contribution is 2.15. The Bertz CT molecular complexity index is 357. The summed E-state index contributed by atoms with van der Waals surface area (Å²) in [6.07, 6.45) is 0.620. The quantitative estimate of drug-likeness (QED) is 0.847. The molecule has 0 fully saturated rings. The monoisotopic (exact) mass is 303 g/mol. The van der Waals surface area contributed by atoms with E-state index in [0.29, 0.717) is 24.4 Å². The fourth-order valence-corrected chi connectivity index (χ4v) is 2.05. The Morgan fingerprint density at radius 2 is 2.12 bits per heavy atom. The standard InChI is InChI=1S/C13H19BrFNO/c1-9(2)13(8-17)16-6-5-10-7-11(14)3-4-12(10)15/h3-4,7,9,13,16-17H,5-6,8H2,1-2H3. The second-order valence-corrected chi connectivity index (χ2v) is 5.39. The van der Waals surface area contributed by atoms with Crippen LogP contribution in [0.5, 0.6) is 0 Å². The molecule has 0 amide bonds. The van der Waals surface area contributed by atoms with Crippen LogP contribution in [0.3, 0.4) is 0 Å². The highest BCUT2D eigenvalue weighted by Gasteiger charge is 2.11. The van der Waals surface area contributed by atoms with Crippen LogP contribution < -0.4 is 5.32 Å². The fourth-order valence-electron chi connectivity index (χ4n) is 1.64. The van der Waals surface area contributed by atoms with Crippen LogP contribution in [0.1, 0.15) is 19.4 Å². The zero-order chi connectivity index (χ0) is 12.8. The van der Waals surface area contributed by atoms with Crippen molar-refractivity contribution in [3.63, 3.8) is 0 Å². The van der Waals surface area contributed by atoms with Crippen LogP contribution in [0.25, 0.3) is 0 Å². The van der Waals surface area contributed by atoms with Crippen LogP contribution in [0, 0.1) is 11.7 Å². The average molecular weight is 304 g/mol. The highest BCUT2D eigenvalue weighted by molar-refractivity contribution is 9.10. The van der Waals surface area contributed by atoms with E-state index in [0.717, 1.165) is 4.47 Å². The zero-order valence-electron chi connectivity index (χ0n) is 10.2. The molecule has 4 heteroatoms. The van der Waals surface area contributed by atoms with Crippen LogP contribution in [0.2, 0.25) is 0 Å². The van der Waals surface area contributed by atoms with Gasteiger partial charge in [-0.3, -0.25) is 0 Å². The molecule has 2 N–H and O–H groups in total. The molecule has 0 saturated heterocycles. The molecule has 0 saturated carbocycles. The van der Waals surface area contributed by atoms with Gasteiger partial charge in [-0.2, -0.15) is 0 Å². The van der Waals surface area contributed by atoms with Crippen molar-refractivity contribution in [2.24, 2.45) is 5.92 Å². The van der Waals surface area contributed by atoms with Crippen molar-refractivity contribution in [3.8, 4) is 0 Å². The molecule has 0 aromatic heterocycles. The molecule has 1 rings (SSSR count). The summed E-state index contributed by atoms with van der Waals surface area (Å²) in [5, 5.41) is 12.4. The third kappa shape index (κ3) is 4.74. The maximum absolute atomic E-state index is 13.4. The van der Waals surface area contributed by atoms with E-state index in [9.17, 15) is 4.39 Å². The largest absolute Gasteiger partial charge is 0.395 e. The van der Waals surface area contributed by atoms with Gasteiger partial charge in [0, 0.05) is 10.5 Å². The topological polar surface area (TPSA) is 32.3 Å². The molecular weight excluding hydrogens is 285 g/mol. The molecule has 1 unspecified atom stereocenters. The summed E-state index contributed by atoms with van der Waals surface area (Å²) in [5.41, 5.74) is 0.687. The van der Waals surface area contributed by atoms with E-state index in [4.69, 9.17) is 5.11 Å². The number of hydrogen-bond donors (Lipinski definition) is 2. The van der Waals surface area contributed by atoms with Crippen molar-refractivity contribution in [1.82, 2.24) is 5.32 Å². The third-order valence-electron chi connectivity index (χ3n) is 2.81. The molecule has 96 valence electrons. The minimum Gasteiger partial charge on any atom is -0.395 e. The number of aliphatic hydroxyl groups is 1. The van der Waals surface area contributed by atoms with Gasteiger partial charge in [0.1, 0.15) is 5.82 Å². The van der Waals surface area contributed by atoms with Crippen molar-refractivity contribution in [1.29, 1.82) is 0 Å². The van der Waals surface area contributed by atoms with Crippen LogP contribution in [0.15, 0.2) is 22.7 Å². The molecule has 0 aliphatic carbocycles. The number of hydrogen-bond acceptors (Lipinski definition) is 2. The molecule has 0 bridgehead atoms. The first kappa shape index (κ1) is 14.6. The van der Waals surface area contributed by atoms with Crippen molar-refractivity contribution in [2.75, 3.05) is 13.2 Å². The number of benzene rings is 1. The molecule has 17 heavy (non-hydrogen) atoms. The smallest absolute Gasteiger partial charge is 0.126 e. The molecule has 1 atom stereocenters. The Morgan fingerprint density at radius 1 is 1.41 bits per heavy atom. The molecule has 1 aromatic carbocycles. The maximum Gasteiger partial charge on any atom is 0.126 e. The predicted octanol–water partition coefficient (Wildman–Crippen LogP) is 2.74. The average Bonchev–Trinajstić information content (AvgIpc) is 2.28. The first-order chi connectivity index (χ1) is 8.04. The van der Waals surface area contributed by atoms with Crippen molar-refractivity contribution < 1.29 is 9.50 Å². The Hall–Kier alpha value is -0.450. The molecule has 0 aliphatic heterocycles. The lowest BCUT2D eigenvalue weighted by Crippen LogP contribution is -2.38. The van der Waals surface area contributed by atoms with Crippen LogP contribution in [-0.2, 0) is 6.42 Å². The van der Waals surface area contributed by atoms with Crippen molar-refractivity contribution in [2.45, 2.75) is 26.3 Å². The fraction of sp³-hybridized carbons (Fsp3) is 0.538. The van der Waals surface area contributed by atoms with Gasteiger partial charge in [-0.25, -0.2) is 4.39 Å². The molecule has 0 spiro atoms. The van der Waals surface area contributed by atoms with Gasteiger partial charge in [0.2, 0.25) is 0 Å². The van der Waals surface area contributed by atoms with Crippen LogP contribution in [-0.4, -0.2) is 24.3 Å². The Labute approximate surface area is 110 Å². The predicted molar refractivity (Wildman–Crippen MR) is 71.5 cm³/mol. The molecular formula is C13H19BrFNO.